The minimum Gasteiger partial charge on any atom is -0.389 e. The van der Waals surface area contributed by atoms with Crippen molar-refractivity contribution in [1.29, 1.82) is 0 Å². The van der Waals surface area contributed by atoms with Crippen molar-refractivity contribution in [2.45, 2.75) is 18.2 Å². The number of aliphatic hydroxyl groups excluding tert-OH is 1. The van der Waals surface area contributed by atoms with E-state index in [0.717, 1.165) is 0 Å². The molecule has 1 fully saturated rings. The predicted octanol–water partition coefficient (Wildman–Crippen LogP) is -0.435. The van der Waals surface area contributed by atoms with Crippen molar-refractivity contribution in [3.63, 3.8) is 0 Å². The summed E-state index contributed by atoms with van der Waals surface area (Å²) in [6.45, 7) is 0.617. The number of nitrogens with two attached hydrogens (primary N) is 1. The van der Waals surface area contributed by atoms with E-state index in [1.165, 1.54) is 11.3 Å². The summed E-state index contributed by atoms with van der Waals surface area (Å²) >= 11 is 1.37. The van der Waals surface area contributed by atoms with E-state index in [9.17, 15) is 9.90 Å². The fourth-order valence-corrected chi connectivity index (χ4v) is 2.22. The monoisotopic (exact) mass is 242 g/mol. The number of thiophene rings is 1. The van der Waals surface area contributed by atoms with Crippen LogP contribution in [0.15, 0.2) is 17.5 Å². The standard InChI is InChI=1S/C10H14N2O3S/c11-6-5-15-7(9(6)13)4-12-10(14)8-2-1-3-16-8/h1-3,6-7,9,13H,4-5,11H2,(H,12,14)/t6-,7-,9+/m1/s1. The topological polar surface area (TPSA) is 84.6 Å². The zero-order valence-electron chi connectivity index (χ0n) is 8.63. The maximum atomic E-state index is 11.6. The van der Waals surface area contributed by atoms with Gasteiger partial charge in [0.1, 0.15) is 6.10 Å². The van der Waals surface area contributed by atoms with Crippen molar-refractivity contribution in [3.8, 4) is 0 Å². The first-order valence-electron chi connectivity index (χ1n) is 5.05. The molecule has 0 radical (unpaired) electrons. The number of amides is 1. The Morgan fingerprint density at radius 3 is 3.12 bits per heavy atom. The van der Waals surface area contributed by atoms with Crippen LogP contribution in [0.3, 0.4) is 0 Å². The predicted molar refractivity (Wildman–Crippen MR) is 60.4 cm³/mol. The van der Waals surface area contributed by atoms with Crippen molar-refractivity contribution in [2.75, 3.05) is 13.2 Å². The van der Waals surface area contributed by atoms with Gasteiger partial charge < -0.3 is 20.9 Å². The van der Waals surface area contributed by atoms with Crippen molar-refractivity contribution in [1.82, 2.24) is 5.32 Å². The van der Waals surface area contributed by atoms with Crippen LogP contribution in [0.5, 0.6) is 0 Å². The Balaban J connectivity index is 1.82. The second kappa shape index (κ2) is 4.92. The number of hydrogen-bond donors (Lipinski definition) is 3. The molecule has 0 unspecified atom stereocenters. The van der Waals surface area contributed by atoms with Gasteiger partial charge in [-0.25, -0.2) is 0 Å². The zero-order chi connectivity index (χ0) is 11.5. The first kappa shape index (κ1) is 11.5. The molecule has 1 aromatic rings. The second-order valence-corrected chi connectivity index (χ2v) is 4.66. The summed E-state index contributed by atoms with van der Waals surface area (Å²) in [6.07, 6.45) is -1.11. The molecule has 0 aliphatic carbocycles. The molecule has 0 saturated carbocycles. The van der Waals surface area contributed by atoms with Gasteiger partial charge in [-0.2, -0.15) is 0 Å². The molecule has 1 aromatic heterocycles. The zero-order valence-corrected chi connectivity index (χ0v) is 9.44. The van der Waals surface area contributed by atoms with E-state index in [4.69, 9.17) is 10.5 Å². The molecule has 1 amide bonds. The molecule has 6 heteroatoms. The smallest absolute Gasteiger partial charge is 0.261 e. The minimum absolute atomic E-state index is 0.147. The normalized spacial score (nSPS) is 29.2. The summed E-state index contributed by atoms with van der Waals surface area (Å²) in [5.41, 5.74) is 5.58. The summed E-state index contributed by atoms with van der Waals surface area (Å²) in [5, 5.41) is 14.2. The van der Waals surface area contributed by atoms with Crippen LogP contribution >= 0.6 is 11.3 Å². The molecule has 1 aliphatic heterocycles. The van der Waals surface area contributed by atoms with Gasteiger partial charge in [-0.1, -0.05) is 6.07 Å². The number of ether oxygens (including phenoxy) is 1. The number of hydrogen-bond acceptors (Lipinski definition) is 5. The number of rotatable bonds is 3. The SMILES string of the molecule is N[C@@H]1CO[C@H](CNC(=O)c2cccs2)[C@H]1O. The first-order chi connectivity index (χ1) is 7.68. The second-order valence-electron chi connectivity index (χ2n) is 3.71. The van der Waals surface area contributed by atoms with Gasteiger partial charge in [0.25, 0.3) is 5.91 Å². The van der Waals surface area contributed by atoms with E-state index in [2.05, 4.69) is 5.32 Å². The van der Waals surface area contributed by atoms with Crippen LogP contribution in [0.1, 0.15) is 9.67 Å². The molecule has 5 nitrogen and oxygen atoms in total. The molecule has 4 N–H and O–H groups in total. The van der Waals surface area contributed by atoms with E-state index >= 15 is 0 Å². The quantitative estimate of drug-likeness (QED) is 0.671. The molecule has 0 spiro atoms. The van der Waals surface area contributed by atoms with E-state index in [1.54, 1.807) is 6.07 Å². The fourth-order valence-electron chi connectivity index (χ4n) is 1.58. The number of carbonyl (C=O) groups excluding carboxylic acids is 1. The summed E-state index contributed by atoms with van der Waals surface area (Å²) < 4.78 is 5.26. The maximum absolute atomic E-state index is 11.6. The summed E-state index contributed by atoms with van der Waals surface area (Å²) in [4.78, 5) is 12.2. The summed E-state index contributed by atoms with van der Waals surface area (Å²) in [7, 11) is 0. The molecule has 1 saturated heterocycles. The summed E-state index contributed by atoms with van der Waals surface area (Å²) in [5.74, 6) is -0.147. The van der Waals surface area contributed by atoms with Crippen LogP contribution in [-0.2, 0) is 4.74 Å². The largest absolute Gasteiger partial charge is 0.389 e. The highest BCUT2D eigenvalue weighted by Gasteiger charge is 2.33. The van der Waals surface area contributed by atoms with E-state index < -0.39 is 12.2 Å². The Morgan fingerprint density at radius 2 is 2.56 bits per heavy atom. The molecular formula is C10H14N2O3S. The molecule has 88 valence electrons. The Morgan fingerprint density at radius 1 is 1.75 bits per heavy atom. The number of carbonyl (C=O) groups is 1. The maximum Gasteiger partial charge on any atom is 0.261 e. The third kappa shape index (κ3) is 2.41. The average Bonchev–Trinajstić information content (AvgIpc) is 2.89. The molecule has 0 aromatic carbocycles. The molecule has 1 aliphatic rings. The van der Waals surface area contributed by atoms with E-state index in [-0.39, 0.29) is 18.5 Å². The van der Waals surface area contributed by atoms with Gasteiger partial charge in [0.15, 0.2) is 0 Å². The van der Waals surface area contributed by atoms with Gasteiger partial charge >= 0.3 is 0 Å². The Labute approximate surface area is 97.2 Å². The van der Waals surface area contributed by atoms with Gasteiger partial charge in [0.05, 0.1) is 23.6 Å². The first-order valence-corrected chi connectivity index (χ1v) is 5.93. The van der Waals surface area contributed by atoms with Crippen LogP contribution in [0.25, 0.3) is 0 Å². The lowest BCUT2D eigenvalue weighted by Crippen LogP contribution is -2.42. The van der Waals surface area contributed by atoms with Crippen LogP contribution in [0.4, 0.5) is 0 Å². The summed E-state index contributed by atoms with van der Waals surface area (Å²) in [6, 6.07) is 3.21. The van der Waals surface area contributed by atoms with Crippen molar-refractivity contribution in [3.05, 3.63) is 22.4 Å². The Bertz CT molecular complexity index is 355. The van der Waals surface area contributed by atoms with Crippen LogP contribution < -0.4 is 11.1 Å². The fraction of sp³-hybridized carbons (Fsp3) is 0.500. The highest BCUT2D eigenvalue weighted by molar-refractivity contribution is 7.12. The van der Waals surface area contributed by atoms with Gasteiger partial charge in [-0.3, -0.25) is 4.79 Å². The lowest BCUT2D eigenvalue weighted by molar-refractivity contribution is 0.0408. The highest BCUT2D eigenvalue weighted by Crippen LogP contribution is 2.12. The third-order valence-corrected chi connectivity index (χ3v) is 3.40. The molecule has 2 heterocycles. The van der Waals surface area contributed by atoms with Crippen molar-refractivity contribution >= 4 is 17.2 Å². The molecular weight excluding hydrogens is 228 g/mol. The average molecular weight is 242 g/mol. The van der Waals surface area contributed by atoms with E-state index in [1.807, 2.05) is 11.4 Å². The molecule has 0 bridgehead atoms. The Hall–Kier alpha value is -0.950. The number of nitrogens with one attached hydrogen (secondary N) is 1. The van der Waals surface area contributed by atoms with Gasteiger partial charge in [-0.05, 0) is 11.4 Å². The van der Waals surface area contributed by atoms with Crippen molar-refractivity contribution < 1.29 is 14.6 Å². The lowest BCUT2D eigenvalue weighted by Gasteiger charge is -2.15. The van der Waals surface area contributed by atoms with Gasteiger partial charge in [0, 0.05) is 6.54 Å². The molecule has 2 rings (SSSR count). The third-order valence-electron chi connectivity index (χ3n) is 2.53. The van der Waals surface area contributed by atoms with Gasteiger partial charge in [0.2, 0.25) is 0 Å². The van der Waals surface area contributed by atoms with E-state index in [0.29, 0.717) is 11.5 Å². The van der Waals surface area contributed by atoms with Gasteiger partial charge in [-0.15, -0.1) is 11.3 Å². The Kier molecular flexibility index (Phi) is 3.55. The number of aliphatic hydroxyl groups is 1. The molecule has 16 heavy (non-hydrogen) atoms. The highest BCUT2D eigenvalue weighted by atomic mass is 32.1. The minimum atomic E-state index is -0.705. The lowest BCUT2D eigenvalue weighted by atomic mass is 10.1. The van der Waals surface area contributed by atoms with Crippen molar-refractivity contribution in [2.24, 2.45) is 5.73 Å². The van der Waals surface area contributed by atoms with Crippen LogP contribution in [0.2, 0.25) is 0 Å². The molecule has 3 atom stereocenters. The van der Waals surface area contributed by atoms with Crippen LogP contribution in [-0.4, -0.2) is 42.4 Å². The van der Waals surface area contributed by atoms with Crippen LogP contribution in [0, 0.1) is 0 Å².